The van der Waals surface area contributed by atoms with Crippen LogP contribution in [0.15, 0.2) is 30.3 Å². The molecular formula is C13H15NO2. The Kier molecular flexibility index (Phi) is 2.21. The molecule has 0 aromatic heterocycles. The van der Waals surface area contributed by atoms with Crippen molar-refractivity contribution in [3.63, 3.8) is 0 Å². The number of fused-ring (bicyclic) bond motifs is 2. The van der Waals surface area contributed by atoms with Gasteiger partial charge in [0.05, 0.1) is 12.1 Å². The molecule has 0 spiro atoms. The molecule has 3 rings (SSSR count). The van der Waals surface area contributed by atoms with Crippen LogP contribution in [-0.4, -0.2) is 34.1 Å². The fraction of sp³-hybridized carbons (Fsp3) is 0.462. The Labute approximate surface area is 94.7 Å². The molecule has 84 valence electrons. The second-order valence-electron chi connectivity index (χ2n) is 4.68. The van der Waals surface area contributed by atoms with Gasteiger partial charge in [-0.25, -0.2) is 0 Å². The van der Waals surface area contributed by atoms with Crippen LogP contribution in [0.25, 0.3) is 0 Å². The molecule has 2 fully saturated rings. The van der Waals surface area contributed by atoms with Gasteiger partial charge in [-0.2, -0.15) is 0 Å². The summed E-state index contributed by atoms with van der Waals surface area (Å²) in [6, 6.07) is 9.65. The molecule has 1 aromatic carbocycles. The highest BCUT2D eigenvalue weighted by atomic mass is 16.3. The van der Waals surface area contributed by atoms with Gasteiger partial charge in [0.15, 0.2) is 0 Å². The maximum atomic E-state index is 12.3. The van der Waals surface area contributed by atoms with E-state index < -0.39 is 0 Å². The Hall–Kier alpha value is -1.35. The zero-order valence-corrected chi connectivity index (χ0v) is 9.04. The molecule has 2 saturated heterocycles. The number of carbonyl (C=O) groups excluding carboxylic acids is 1. The summed E-state index contributed by atoms with van der Waals surface area (Å²) in [6.07, 6.45) is 2.43. The lowest BCUT2D eigenvalue weighted by atomic mass is 9.98. The summed E-state index contributed by atoms with van der Waals surface area (Å²) in [7, 11) is 0. The van der Waals surface area contributed by atoms with Gasteiger partial charge in [-0.1, -0.05) is 18.2 Å². The van der Waals surface area contributed by atoms with Crippen LogP contribution in [0.3, 0.4) is 0 Å². The van der Waals surface area contributed by atoms with Crippen LogP contribution in [0, 0.1) is 0 Å². The number of nitrogens with zero attached hydrogens (tertiary/aromatic N) is 1. The van der Waals surface area contributed by atoms with Gasteiger partial charge in [-0.05, 0) is 31.4 Å². The Morgan fingerprint density at radius 3 is 2.56 bits per heavy atom. The highest BCUT2D eigenvalue weighted by Gasteiger charge is 2.47. The van der Waals surface area contributed by atoms with Crippen molar-refractivity contribution in [2.45, 2.75) is 37.5 Å². The summed E-state index contributed by atoms with van der Waals surface area (Å²) in [5.41, 5.74) is 0.730. The first-order valence-electron chi connectivity index (χ1n) is 5.83. The Morgan fingerprint density at radius 2 is 2.00 bits per heavy atom. The van der Waals surface area contributed by atoms with E-state index in [0.717, 1.165) is 24.8 Å². The molecule has 2 aliphatic rings. The normalized spacial score (nSPS) is 32.1. The third kappa shape index (κ3) is 1.35. The van der Waals surface area contributed by atoms with Crippen LogP contribution in [0.5, 0.6) is 0 Å². The predicted molar refractivity (Wildman–Crippen MR) is 60.0 cm³/mol. The fourth-order valence-electron chi connectivity index (χ4n) is 3.00. The SMILES string of the molecule is O=C(c1ccccc1)N1[C@H]2CC[C@@H]1[C@H](O)C2. The average molecular weight is 217 g/mol. The molecule has 3 heteroatoms. The molecule has 0 aliphatic carbocycles. The highest BCUT2D eigenvalue weighted by Crippen LogP contribution is 2.38. The van der Waals surface area contributed by atoms with Gasteiger partial charge in [0.25, 0.3) is 5.91 Å². The van der Waals surface area contributed by atoms with Crippen LogP contribution < -0.4 is 0 Å². The van der Waals surface area contributed by atoms with E-state index >= 15 is 0 Å². The third-order valence-corrected chi connectivity index (χ3v) is 3.76. The van der Waals surface area contributed by atoms with Crippen molar-refractivity contribution in [1.82, 2.24) is 4.90 Å². The summed E-state index contributed by atoms with van der Waals surface area (Å²) < 4.78 is 0. The maximum Gasteiger partial charge on any atom is 0.254 e. The Balaban J connectivity index is 1.87. The zero-order valence-electron chi connectivity index (χ0n) is 9.04. The van der Waals surface area contributed by atoms with Gasteiger partial charge >= 0.3 is 0 Å². The van der Waals surface area contributed by atoms with Crippen molar-refractivity contribution in [2.24, 2.45) is 0 Å². The monoisotopic (exact) mass is 217 g/mol. The zero-order chi connectivity index (χ0) is 11.1. The number of aliphatic hydroxyl groups excluding tert-OH is 1. The topological polar surface area (TPSA) is 40.5 Å². The Morgan fingerprint density at radius 1 is 1.25 bits per heavy atom. The first-order valence-corrected chi connectivity index (χ1v) is 5.83. The lowest BCUT2D eigenvalue weighted by Crippen LogP contribution is -2.37. The summed E-state index contributed by atoms with van der Waals surface area (Å²) in [6.45, 7) is 0. The number of benzene rings is 1. The van der Waals surface area contributed by atoms with Crippen LogP contribution in [0.2, 0.25) is 0 Å². The highest BCUT2D eigenvalue weighted by molar-refractivity contribution is 5.95. The van der Waals surface area contributed by atoms with E-state index in [-0.39, 0.29) is 24.1 Å². The van der Waals surface area contributed by atoms with E-state index in [1.807, 2.05) is 35.2 Å². The number of amides is 1. The average Bonchev–Trinajstić information content (AvgIpc) is 2.85. The smallest absolute Gasteiger partial charge is 0.254 e. The van der Waals surface area contributed by atoms with E-state index in [2.05, 4.69) is 0 Å². The predicted octanol–water partition coefficient (Wildman–Crippen LogP) is 1.42. The lowest BCUT2D eigenvalue weighted by molar-refractivity contribution is 0.0665. The molecular weight excluding hydrogens is 202 g/mol. The van der Waals surface area contributed by atoms with E-state index in [9.17, 15) is 9.90 Å². The summed E-state index contributed by atoms with van der Waals surface area (Å²) in [5.74, 6) is 0.0738. The van der Waals surface area contributed by atoms with Crippen molar-refractivity contribution < 1.29 is 9.90 Å². The van der Waals surface area contributed by atoms with E-state index in [4.69, 9.17) is 0 Å². The number of aliphatic hydroxyl groups is 1. The molecule has 3 nitrogen and oxygen atoms in total. The quantitative estimate of drug-likeness (QED) is 0.773. The molecule has 0 radical (unpaired) electrons. The number of rotatable bonds is 1. The minimum atomic E-state index is -0.314. The lowest BCUT2D eigenvalue weighted by Gasteiger charge is -2.22. The van der Waals surface area contributed by atoms with Crippen molar-refractivity contribution in [3.8, 4) is 0 Å². The van der Waals surface area contributed by atoms with Gasteiger partial charge in [-0.3, -0.25) is 4.79 Å². The van der Waals surface area contributed by atoms with Gasteiger partial charge in [0.2, 0.25) is 0 Å². The molecule has 1 amide bonds. The molecule has 2 bridgehead atoms. The summed E-state index contributed by atoms with van der Waals surface area (Å²) >= 11 is 0. The molecule has 2 heterocycles. The first-order chi connectivity index (χ1) is 7.77. The van der Waals surface area contributed by atoms with E-state index in [0.29, 0.717) is 0 Å². The van der Waals surface area contributed by atoms with Crippen molar-refractivity contribution in [1.29, 1.82) is 0 Å². The second-order valence-corrected chi connectivity index (χ2v) is 4.68. The standard InChI is InChI=1S/C13H15NO2/c15-12-8-10-6-7-11(12)14(10)13(16)9-4-2-1-3-5-9/h1-5,10-12,15H,6-8H2/t10-,11+,12+/m0/s1. The van der Waals surface area contributed by atoms with Gasteiger partial charge < -0.3 is 10.0 Å². The van der Waals surface area contributed by atoms with Gasteiger partial charge in [0.1, 0.15) is 0 Å². The van der Waals surface area contributed by atoms with Crippen LogP contribution >= 0.6 is 0 Å². The molecule has 1 aromatic rings. The van der Waals surface area contributed by atoms with E-state index in [1.165, 1.54) is 0 Å². The Bertz CT molecular complexity index is 404. The van der Waals surface area contributed by atoms with Crippen molar-refractivity contribution in [2.75, 3.05) is 0 Å². The summed E-state index contributed by atoms with van der Waals surface area (Å²) in [4.78, 5) is 14.2. The minimum Gasteiger partial charge on any atom is -0.391 e. The van der Waals surface area contributed by atoms with Crippen LogP contribution in [0.4, 0.5) is 0 Å². The van der Waals surface area contributed by atoms with Crippen LogP contribution in [-0.2, 0) is 0 Å². The van der Waals surface area contributed by atoms with Gasteiger partial charge in [0, 0.05) is 11.6 Å². The van der Waals surface area contributed by atoms with Crippen molar-refractivity contribution >= 4 is 5.91 Å². The number of hydrogen-bond acceptors (Lipinski definition) is 2. The molecule has 16 heavy (non-hydrogen) atoms. The van der Waals surface area contributed by atoms with Crippen molar-refractivity contribution in [3.05, 3.63) is 35.9 Å². The summed E-state index contributed by atoms with van der Waals surface area (Å²) in [5, 5.41) is 9.79. The molecule has 3 atom stereocenters. The van der Waals surface area contributed by atoms with Gasteiger partial charge in [-0.15, -0.1) is 0 Å². The number of carbonyl (C=O) groups is 1. The van der Waals surface area contributed by atoms with Crippen LogP contribution in [0.1, 0.15) is 29.6 Å². The molecule has 2 aliphatic heterocycles. The fourth-order valence-corrected chi connectivity index (χ4v) is 3.00. The van der Waals surface area contributed by atoms with E-state index in [1.54, 1.807) is 0 Å². The molecule has 0 saturated carbocycles. The first kappa shape index (κ1) is 9.85. The second kappa shape index (κ2) is 3.59. The third-order valence-electron chi connectivity index (χ3n) is 3.76. The number of hydrogen-bond donors (Lipinski definition) is 1. The molecule has 1 N–H and O–H groups in total. The maximum absolute atomic E-state index is 12.3. The minimum absolute atomic E-state index is 0.0534. The largest absolute Gasteiger partial charge is 0.391 e. The molecule has 0 unspecified atom stereocenters.